The number of methoxy groups -OCH3 is 1. The van der Waals surface area contributed by atoms with Gasteiger partial charge in [0.05, 0.1) is 12.7 Å². The van der Waals surface area contributed by atoms with Crippen LogP contribution in [0.25, 0.3) is 0 Å². The van der Waals surface area contributed by atoms with E-state index in [4.69, 9.17) is 9.47 Å². The van der Waals surface area contributed by atoms with Crippen molar-refractivity contribution in [1.82, 2.24) is 0 Å². The second-order valence-corrected chi connectivity index (χ2v) is 5.12. The Morgan fingerprint density at radius 3 is 2.35 bits per heavy atom. The van der Waals surface area contributed by atoms with E-state index in [9.17, 15) is 25.2 Å². The zero-order valence-electron chi connectivity index (χ0n) is 12.1. The standard InChI is InChI=1S/C16H14O7/c1-22-16-10(18)4-7(5-11(16)19)15-14(21)13(20)9-3-2-8(17)6-12(9)23-15/h2-6,14-15,17-19,21H,1H3/t14-,15+/m0/s1. The first-order chi connectivity index (χ1) is 10.9. The van der Waals surface area contributed by atoms with Gasteiger partial charge >= 0.3 is 0 Å². The first kappa shape index (κ1) is 15.0. The van der Waals surface area contributed by atoms with Crippen LogP contribution in [-0.4, -0.2) is 39.4 Å². The smallest absolute Gasteiger partial charge is 0.202 e. The fourth-order valence-corrected chi connectivity index (χ4v) is 2.55. The molecule has 0 aromatic heterocycles. The summed E-state index contributed by atoms with van der Waals surface area (Å²) in [5.41, 5.74) is 0.337. The van der Waals surface area contributed by atoms with E-state index in [0.717, 1.165) is 0 Å². The monoisotopic (exact) mass is 318 g/mol. The number of ketones is 1. The summed E-state index contributed by atoms with van der Waals surface area (Å²) < 4.78 is 10.4. The molecule has 0 saturated heterocycles. The predicted molar refractivity (Wildman–Crippen MR) is 78.1 cm³/mol. The van der Waals surface area contributed by atoms with Gasteiger partial charge in [0.2, 0.25) is 5.75 Å². The molecule has 23 heavy (non-hydrogen) atoms. The Bertz CT molecular complexity index is 761. The molecule has 0 unspecified atom stereocenters. The van der Waals surface area contributed by atoms with E-state index in [1.807, 2.05) is 0 Å². The van der Waals surface area contributed by atoms with Crippen LogP contribution in [0.1, 0.15) is 22.0 Å². The Hall–Kier alpha value is -2.93. The molecule has 0 amide bonds. The van der Waals surface area contributed by atoms with Crippen LogP contribution in [0.3, 0.4) is 0 Å². The van der Waals surface area contributed by atoms with Gasteiger partial charge in [0.15, 0.2) is 29.5 Å². The van der Waals surface area contributed by atoms with Gasteiger partial charge in [-0.05, 0) is 24.3 Å². The van der Waals surface area contributed by atoms with E-state index in [0.29, 0.717) is 0 Å². The number of carbonyl (C=O) groups is 1. The highest BCUT2D eigenvalue weighted by Crippen LogP contribution is 2.42. The lowest BCUT2D eigenvalue weighted by atomic mass is 9.93. The molecular weight excluding hydrogens is 304 g/mol. The third kappa shape index (κ3) is 2.40. The van der Waals surface area contributed by atoms with Crippen molar-refractivity contribution in [2.45, 2.75) is 12.2 Å². The largest absolute Gasteiger partial charge is 0.508 e. The molecule has 1 aliphatic heterocycles. The van der Waals surface area contributed by atoms with Crippen molar-refractivity contribution in [3.05, 3.63) is 41.5 Å². The summed E-state index contributed by atoms with van der Waals surface area (Å²) in [6.07, 6.45) is -2.65. The molecule has 4 N–H and O–H groups in total. The van der Waals surface area contributed by atoms with Crippen molar-refractivity contribution in [3.8, 4) is 28.7 Å². The lowest BCUT2D eigenvalue weighted by Gasteiger charge is -2.30. The van der Waals surface area contributed by atoms with E-state index in [1.54, 1.807) is 0 Å². The van der Waals surface area contributed by atoms with Crippen LogP contribution in [0, 0.1) is 0 Å². The van der Waals surface area contributed by atoms with Crippen molar-refractivity contribution in [2.24, 2.45) is 0 Å². The van der Waals surface area contributed by atoms with Gasteiger partial charge in [-0.15, -0.1) is 0 Å². The summed E-state index contributed by atoms with van der Waals surface area (Å²) in [7, 11) is 1.28. The molecular formula is C16H14O7. The zero-order valence-corrected chi connectivity index (χ0v) is 12.1. The van der Waals surface area contributed by atoms with Crippen LogP contribution in [-0.2, 0) is 0 Å². The molecule has 0 fully saturated rings. The average molecular weight is 318 g/mol. The highest BCUT2D eigenvalue weighted by molar-refractivity contribution is 6.03. The minimum absolute atomic E-state index is 0.0906. The number of rotatable bonds is 2. The van der Waals surface area contributed by atoms with E-state index in [-0.39, 0.29) is 39.9 Å². The third-order valence-corrected chi connectivity index (χ3v) is 3.64. The molecule has 120 valence electrons. The van der Waals surface area contributed by atoms with Gasteiger partial charge in [0.1, 0.15) is 11.5 Å². The number of aromatic hydroxyl groups is 3. The molecule has 7 heteroatoms. The van der Waals surface area contributed by atoms with Crippen LogP contribution < -0.4 is 9.47 Å². The first-order valence-electron chi connectivity index (χ1n) is 6.74. The van der Waals surface area contributed by atoms with Crippen LogP contribution in [0.15, 0.2) is 30.3 Å². The maximum atomic E-state index is 12.2. The summed E-state index contributed by atoms with van der Waals surface area (Å²) in [5.74, 6) is -1.39. The summed E-state index contributed by atoms with van der Waals surface area (Å²) >= 11 is 0. The number of phenolic OH excluding ortho intramolecular Hbond substituents is 3. The van der Waals surface area contributed by atoms with Crippen molar-refractivity contribution < 1.29 is 34.7 Å². The number of phenols is 3. The zero-order chi connectivity index (χ0) is 16.7. The Labute approximate surface area is 131 Å². The summed E-state index contributed by atoms with van der Waals surface area (Å²) in [4.78, 5) is 12.2. The molecule has 0 bridgehead atoms. The molecule has 2 atom stereocenters. The molecule has 1 heterocycles. The first-order valence-corrected chi connectivity index (χ1v) is 6.74. The Morgan fingerprint density at radius 2 is 1.74 bits per heavy atom. The van der Waals surface area contributed by atoms with Gasteiger partial charge in [0, 0.05) is 11.6 Å². The number of ether oxygens (including phenoxy) is 2. The number of fused-ring (bicyclic) bond motifs is 1. The molecule has 0 saturated carbocycles. The maximum absolute atomic E-state index is 12.2. The molecule has 2 aromatic carbocycles. The van der Waals surface area contributed by atoms with E-state index >= 15 is 0 Å². The Kier molecular flexibility index (Phi) is 3.49. The number of aliphatic hydroxyl groups is 1. The second-order valence-electron chi connectivity index (χ2n) is 5.12. The molecule has 1 aliphatic rings. The normalized spacial score (nSPS) is 19.8. The molecule has 7 nitrogen and oxygen atoms in total. The molecule has 3 rings (SSSR count). The number of aliphatic hydroxyl groups excluding tert-OH is 1. The van der Waals surface area contributed by atoms with Gasteiger partial charge in [-0.25, -0.2) is 0 Å². The van der Waals surface area contributed by atoms with E-state index in [2.05, 4.69) is 0 Å². The fraction of sp³-hybridized carbons (Fsp3) is 0.188. The highest BCUT2D eigenvalue weighted by atomic mass is 16.5. The average Bonchev–Trinajstić information content (AvgIpc) is 2.50. The SMILES string of the molecule is COc1c(O)cc([C@H]2Oc3cc(O)ccc3C(=O)[C@@H]2O)cc1O. The minimum Gasteiger partial charge on any atom is -0.508 e. The van der Waals surface area contributed by atoms with Gasteiger partial charge in [0.25, 0.3) is 0 Å². The number of hydrogen-bond acceptors (Lipinski definition) is 7. The second kappa shape index (κ2) is 5.36. The van der Waals surface area contributed by atoms with Gasteiger partial charge in [-0.1, -0.05) is 0 Å². The molecule has 0 radical (unpaired) electrons. The van der Waals surface area contributed by atoms with Crippen molar-refractivity contribution in [3.63, 3.8) is 0 Å². The van der Waals surface area contributed by atoms with Crippen molar-refractivity contribution >= 4 is 5.78 Å². The van der Waals surface area contributed by atoms with Crippen molar-refractivity contribution in [1.29, 1.82) is 0 Å². The third-order valence-electron chi connectivity index (χ3n) is 3.64. The molecule has 2 aromatic rings. The lowest BCUT2D eigenvalue weighted by molar-refractivity contribution is 0.0214. The number of Topliss-reactive ketones (excluding diaryl/α,β-unsaturated/α-hetero) is 1. The fourth-order valence-electron chi connectivity index (χ4n) is 2.55. The Balaban J connectivity index is 2.06. The topological polar surface area (TPSA) is 116 Å². The molecule has 0 spiro atoms. The minimum atomic E-state index is -1.51. The summed E-state index contributed by atoms with van der Waals surface area (Å²) in [6, 6.07) is 6.39. The van der Waals surface area contributed by atoms with Gasteiger partial charge < -0.3 is 29.9 Å². The van der Waals surface area contributed by atoms with Gasteiger partial charge in [-0.3, -0.25) is 4.79 Å². The number of hydrogen-bond donors (Lipinski definition) is 4. The van der Waals surface area contributed by atoms with Crippen molar-refractivity contribution in [2.75, 3.05) is 7.11 Å². The number of carbonyl (C=O) groups excluding carboxylic acids is 1. The van der Waals surface area contributed by atoms with E-state index in [1.165, 1.54) is 37.4 Å². The maximum Gasteiger partial charge on any atom is 0.202 e. The van der Waals surface area contributed by atoms with Gasteiger partial charge in [-0.2, -0.15) is 0 Å². The highest BCUT2D eigenvalue weighted by Gasteiger charge is 2.37. The van der Waals surface area contributed by atoms with E-state index < -0.39 is 18.0 Å². The van der Waals surface area contributed by atoms with Crippen LogP contribution in [0.2, 0.25) is 0 Å². The molecule has 0 aliphatic carbocycles. The van der Waals surface area contributed by atoms with Crippen LogP contribution in [0.5, 0.6) is 28.7 Å². The quantitative estimate of drug-likeness (QED) is 0.663. The summed E-state index contributed by atoms with van der Waals surface area (Å²) in [6.45, 7) is 0. The van der Waals surface area contributed by atoms with Crippen LogP contribution >= 0.6 is 0 Å². The van der Waals surface area contributed by atoms with Crippen LogP contribution in [0.4, 0.5) is 0 Å². The summed E-state index contributed by atoms with van der Waals surface area (Å²) in [5, 5.41) is 39.4. The lowest BCUT2D eigenvalue weighted by Crippen LogP contribution is -2.36. The predicted octanol–water partition coefficient (Wildman–Crippen LogP) is 1.49. The Morgan fingerprint density at radius 1 is 1.09 bits per heavy atom. The number of benzene rings is 2.